The maximum absolute atomic E-state index is 12.5. The van der Waals surface area contributed by atoms with E-state index in [0.717, 1.165) is 0 Å². The molecule has 0 radical (unpaired) electrons. The van der Waals surface area contributed by atoms with Gasteiger partial charge in [-0.1, -0.05) is 36.4 Å². The molecule has 4 heteroatoms. The molecule has 4 nitrogen and oxygen atoms in total. The summed E-state index contributed by atoms with van der Waals surface area (Å²) in [7, 11) is 1.94. The summed E-state index contributed by atoms with van der Waals surface area (Å²) in [6, 6.07) is 23.3. The molecule has 1 N–H and O–H groups in total. The van der Waals surface area contributed by atoms with Crippen LogP contribution in [0.1, 0.15) is 18.1 Å². The molecule has 0 aromatic heterocycles. The number of carbonyl (C=O) groups excluding carboxylic acids is 1. The summed E-state index contributed by atoms with van der Waals surface area (Å²) in [5.74, 6) is -0.0713. The molecule has 3 aromatic carbocycles. The Morgan fingerprint density at radius 3 is 2.46 bits per heavy atom. The quantitative estimate of drug-likeness (QED) is 0.756. The van der Waals surface area contributed by atoms with Crippen molar-refractivity contribution in [2.24, 2.45) is 0 Å². The summed E-state index contributed by atoms with van der Waals surface area (Å²) in [5, 5.41) is 14.1. The molecule has 0 fully saturated rings. The van der Waals surface area contributed by atoms with Crippen molar-refractivity contribution in [3.63, 3.8) is 0 Å². The first kappa shape index (κ1) is 17.7. The van der Waals surface area contributed by atoms with E-state index >= 15 is 0 Å². The SMILES string of the molecule is C[C@H](C(=O)Nc1ccc(C#N)cc1)N(C)Cc1ccc2ccccc2c1. The first-order valence-electron chi connectivity index (χ1n) is 8.56. The average molecular weight is 343 g/mol. The zero-order valence-corrected chi connectivity index (χ0v) is 14.9. The maximum Gasteiger partial charge on any atom is 0.241 e. The van der Waals surface area contributed by atoms with Crippen LogP contribution in [0.5, 0.6) is 0 Å². The lowest BCUT2D eigenvalue weighted by Gasteiger charge is -2.24. The van der Waals surface area contributed by atoms with Crippen molar-refractivity contribution < 1.29 is 4.79 Å². The molecule has 0 bridgehead atoms. The van der Waals surface area contributed by atoms with Crippen molar-refractivity contribution in [3.8, 4) is 6.07 Å². The lowest BCUT2D eigenvalue weighted by molar-refractivity contribution is -0.120. The number of hydrogen-bond acceptors (Lipinski definition) is 3. The van der Waals surface area contributed by atoms with Gasteiger partial charge in [-0.15, -0.1) is 0 Å². The molecule has 0 spiro atoms. The Kier molecular flexibility index (Phi) is 5.31. The first-order valence-corrected chi connectivity index (χ1v) is 8.56. The summed E-state index contributed by atoms with van der Waals surface area (Å²) < 4.78 is 0. The zero-order valence-electron chi connectivity index (χ0n) is 14.9. The molecule has 1 atom stereocenters. The minimum Gasteiger partial charge on any atom is -0.325 e. The Balaban J connectivity index is 1.64. The first-order chi connectivity index (χ1) is 12.6. The van der Waals surface area contributed by atoms with Crippen LogP contribution in [0.25, 0.3) is 10.8 Å². The summed E-state index contributed by atoms with van der Waals surface area (Å²) in [6.07, 6.45) is 0. The number of amides is 1. The second-order valence-electron chi connectivity index (χ2n) is 6.45. The van der Waals surface area contributed by atoms with E-state index < -0.39 is 0 Å². The van der Waals surface area contributed by atoms with Gasteiger partial charge >= 0.3 is 0 Å². The molecule has 0 aliphatic rings. The third-order valence-electron chi connectivity index (χ3n) is 4.57. The van der Waals surface area contributed by atoms with E-state index in [1.54, 1.807) is 24.3 Å². The highest BCUT2D eigenvalue weighted by Crippen LogP contribution is 2.17. The molecule has 3 aromatic rings. The fourth-order valence-electron chi connectivity index (χ4n) is 2.84. The van der Waals surface area contributed by atoms with Crippen LogP contribution >= 0.6 is 0 Å². The van der Waals surface area contributed by atoms with E-state index in [9.17, 15) is 4.79 Å². The van der Waals surface area contributed by atoms with Gasteiger partial charge in [0.1, 0.15) is 0 Å². The molecule has 0 saturated heterocycles. The van der Waals surface area contributed by atoms with E-state index in [4.69, 9.17) is 5.26 Å². The van der Waals surface area contributed by atoms with Crippen LogP contribution < -0.4 is 5.32 Å². The van der Waals surface area contributed by atoms with Crippen LogP contribution in [0, 0.1) is 11.3 Å². The number of carbonyl (C=O) groups is 1. The fraction of sp³-hybridized carbons (Fsp3) is 0.182. The van der Waals surface area contributed by atoms with Gasteiger partial charge in [0.25, 0.3) is 0 Å². The molecule has 0 saturated carbocycles. The number of likely N-dealkylation sites (N-methyl/N-ethyl adjacent to an activating group) is 1. The predicted octanol–water partition coefficient (Wildman–Crippen LogP) is 4.17. The zero-order chi connectivity index (χ0) is 18.5. The number of rotatable bonds is 5. The fourth-order valence-corrected chi connectivity index (χ4v) is 2.84. The molecule has 26 heavy (non-hydrogen) atoms. The standard InChI is InChI=1S/C22H21N3O/c1-16(22(26)24-21-11-8-17(14-23)9-12-21)25(2)15-18-7-10-19-5-3-4-6-20(19)13-18/h3-13,16H,15H2,1-2H3,(H,24,26)/t16-/m1/s1. The summed E-state index contributed by atoms with van der Waals surface area (Å²) in [5.41, 5.74) is 2.44. The number of anilines is 1. The third kappa shape index (κ3) is 4.08. The highest BCUT2D eigenvalue weighted by atomic mass is 16.2. The largest absolute Gasteiger partial charge is 0.325 e. The Bertz CT molecular complexity index is 957. The van der Waals surface area contributed by atoms with Crippen molar-refractivity contribution in [2.45, 2.75) is 19.5 Å². The lowest BCUT2D eigenvalue weighted by Crippen LogP contribution is -2.39. The molecule has 1 amide bonds. The van der Waals surface area contributed by atoms with Gasteiger partial charge in [-0.2, -0.15) is 5.26 Å². The van der Waals surface area contributed by atoms with E-state index in [2.05, 4.69) is 41.7 Å². The molecule has 130 valence electrons. The Morgan fingerprint density at radius 1 is 1.08 bits per heavy atom. The Hall–Kier alpha value is -3.16. The van der Waals surface area contributed by atoms with Crippen LogP contribution in [-0.4, -0.2) is 23.9 Å². The smallest absolute Gasteiger partial charge is 0.241 e. The van der Waals surface area contributed by atoms with Crippen LogP contribution in [0.2, 0.25) is 0 Å². The van der Waals surface area contributed by atoms with Crippen LogP contribution in [0.15, 0.2) is 66.7 Å². The topological polar surface area (TPSA) is 56.1 Å². The third-order valence-corrected chi connectivity index (χ3v) is 4.57. The lowest BCUT2D eigenvalue weighted by atomic mass is 10.1. The van der Waals surface area contributed by atoms with Crippen molar-refractivity contribution >= 4 is 22.4 Å². The minimum atomic E-state index is -0.280. The monoisotopic (exact) mass is 343 g/mol. The highest BCUT2D eigenvalue weighted by molar-refractivity contribution is 5.94. The number of fused-ring (bicyclic) bond motifs is 1. The van der Waals surface area contributed by atoms with Gasteiger partial charge in [-0.25, -0.2) is 0 Å². The predicted molar refractivity (Wildman–Crippen MR) is 105 cm³/mol. The second kappa shape index (κ2) is 7.81. The molecule has 0 unspecified atom stereocenters. The Labute approximate surface area is 153 Å². The molecule has 0 aliphatic carbocycles. The molecule has 0 aliphatic heterocycles. The number of nitrogens with zero attached hydrogens (tertiary/aromatic N) is 2. The van der Waals surface area contributed by atoms with Gasteiger partial charge in [-0.3, -0.25) is 9.69 Å². The highest BCUT2D eigenvalue weighted by Gasteiger charge is 2.18. The van der Waals surface area contributed by atoms with E-state index in [0.29, 0.717) is 17.8 Å². The van der Waals surface area contributed by atoms with Crippen LogP contribution in [0.4, 0.5) is 5.69 Å². The number of nitriles is 1. The van der Waals surface area contributed by atoms with Gasteiger partial charge in [0.2, 0.25) is 5.91 Å². The van der Waals surface area contributed by atoms with Gasteiger partial charge in [0.05, 0.1) is 17.7 Å². The van der Waals surface area contributed by atoms with Crippen molar-refractivity contribution in [1.29, 1.82) is 5.26 Å². The maximum atomic E-state index is 12.5. The number of benzene rings is 3. The molecular weight excluding hydrogens is 322 g/mol. The van der Waals surface area contributed by atoms with Crippen molar-refractivity contribution in [1.82, 2.24) is 4.90 Å². The average Bonchev–Trinajstić information content (AvgIpc) is 2.67. The number of nitrogens with one attached hydrogen (secondary N) is 1. The van der Waals surface area contributed by atoms with Gasteiger partial charge in [-0.05, 0) is 60.6 Å². The summed E-state index contributed by atoms with van der Waals surface area (Å²) in [6.45, 7) is 2.58. The van der Waals surface area contributed by atoms with Crippen LogP contribution in [0.3, 0.4) is 0 Å². The molecule has 3 rings (SSSR count). The number of hydrogen-bond donors (Lipinski definition) is 1. The van der Waals surface area contributed by atoms with E-state index in [1.807, 2.05) is 31.0 Å². The van der Waals surface area contributed by atoms with Gasteiger partial charge < -0.3 is 5.32 Å². The molecule has 0 heterocycles. The minimum absolute atomic E-state index is 0.0713. The second-order valence-corrected chi connectivity index (χ2v) is 6.45. The summed E-state index contributed by atoms with van der Waals surface area (Å²) >= 11 is 0. The Morgan fingerprint density at radius 2 is 1.77 bits per heavy atom. The van der Waals surface area contributed by atoms with Crippen LogP contribution in [-0.2, 0) is 11.3 Å². The van der Waals surface area contributed by atoms with Gasteiger partial charge in [0.15, 0.2) is 0 Å². The van der Waals surface area contributed by atoms with E-state index in [-0.39, 0.29) is 11.9 Å². The van der Waals surface area contributed by atoms with E-state index in [1.165, 1.54) is 16.3 Å². The van der Waals surface area contributed by atoms with Crippen molar-refractivity contribution in [3.05, 3.63) is 77.9 Å². The van der Waals surface area contributed by atoms with Crippen molar-refractivity contribution in [2.75, 3.05) is 12.4 Å². The summed E-state index contributed by atoms with van der Waals surface area (Å²) in [4.78, 5) is 14.5. The van der Waals surface area contributed by atoms with Gasteiger partial charge in [0, 0.05) is 12.2 Å². The molecular formula is C22H21N3O. The normalized spacial score (nSPS) is 11.9.